The second kappa shape index (κ2) is 5.62. The van der Waals surface area contributed by atoms with Gasteiger partial charge in [-0.05, 0) is 0 Å². The molecular formula is C10H16N4O2. The summed E-state index contributed by atoms with van der Waals surface area (Å²) in [6, 6.07) is 1.74. The van der Waals surface area contributed by atoms with Gasteiger partial charge in [0, 0.05) is 32.2 Å². The fourth-order valence-corrected chi connectivity index (χ4v) is 1.65. The Balaban J connectivity index is 1.67. The summed E-state index contributed by atoms with van der Waals surface area (Å²) >= 11 is 0. The fraction of sp³-hybridized carbons (Fsp3) is 0.600. The summed E-state index contributed by atoms with van der Waals surface area (Å²) in [6.45, 7) is 4.62. The molecule has 1 aliphatic rings. The van der Waals surface area contributed by atoms with Crippen molar-refractivity contribution in [2.24, 2.45) is 0 Å². The number of nitrogens with one attached hydrogen (secondary N) is 2. The van der Waals surface area contributed by atoms with E-state index in [2.05, 4.69) is 20.7 Å². The van der Waals surface area contributed by atoms with Crippen molar-refractivity contribution >= 4 is 5.91 Å². The summed E-state index contributed by atoms with van der Waals surface area (Å²) in [5.74, 6) is 0.701. The van der Waals surface area contributed by atoms with Gasteiger partial charge in [-0.15, -0.1) is 0 Å². The number of aromatic nitrogens is 1. The Morgan fingerprint density at radius 2 is 2.38 bits per heavy atom. The summed E-state index contributed by atoms with van der Waals surface area (Å²) < 4.78 is 4.89. The number of nitrogens with zero attached hydrogens (tertiary/aromatic N) is 2. The molecule has 0 spiro atoms. The van der Waals surface area contributed by atoms with Gasteiger partial charge in [0.05, 0.1) is 19.3 Å². The molecular weight excluding hydrogens is 208 g/mol. The van der Waals surface area contributed by atoms with Crippen molar-refractivity contribution in [1.82, 2.24) is 20.7 Å². The van der Waals surface area contributed by atoms with Gasteiger partial charge in [0.1, 0.15) is 0 Å². The van der Waals surface area contributed by atoms with E-state index in [9.17, 15) is 4.79 Å². The maximum atomic E-state index is 11.6. The van der Waals surface area contributed by atoms with Gasteiger partial charge in [0.25, 0.3) is 0 Å². The van der Waals surface area contributed by atoms with Gasteiger partial charge in [-0.1, -0.05) is 5.16 Å². The van der Waals surface area contributed by atoms with E-state index >= 15 is 0 Å². The second-order valence-corrected chi connectivity index (χ2v) is 3.78. The number of carbonyl (C=O) groups excluding carboxylic acids is 1. The largest absolute Gasteiger partial charge is 0.360 e. The summed E-state index contributed by atoms with van der Waals surface area (Å²) in [7, 11) is 0. The normalized spacial score (nSPS) is 17.2. The molecule has 16 heavy (non-hydrogen) atoms. The van der Waals surface area contributed by atoms with Crippen LogP contribution >= 0.6 is 0 Å². The average molecular weight is 224 g/mol. The first-order chi connectivity index (χ1) is 7.84. The van der Waals surface area contributed by atoms with E-state index in [-0.39, 0.29) is 5.91 Å². The number of rotatable bonds is 4. The van der Waals surface area contributed by atoms with Gasteiger partial charge in [0.2, 0.25) is 5.91 Å². The third kappa shape index (κ3) is 3.32. The zero-order valence-electron chi connectivity index (χ0n) is 9.11. The Hall–Kier alpha value is -1.40. The SMILES string of the molecule is O=C(CN1CCNCC1)NCc1ccno1. The van der Waals surface area contributed by atoms with Gasteiger partial charge < -0.3 is 15.2 Å². The topological polar surface area (TPSA) is 70.4 Å². The highest BCUT2D eigenvalue weighted by Crippen LogP contribution is 1.96. The first-order valence-corrected chi connectivity index (χ1v) is 5.44. The quantitative estimate of drug-likeness (QED) is 0.700. The zero-order valence-corrected chi connectivity index (χ0v) is 9.11. The fourth-order valence-electron chi connectivity index (χ4n) is 1.65. The first-order valence-electron chi connectivity index (χ1n) is 5.44. The van der Waals surface area contributed by atoms with E-state index in [1.165, 1.54) is 0 Å². The van der Waals surface area contributed by atoms with Crippen LogP contribution in [-0.4, -0.2) is 48.7 Å². The summed E-state index contributed by atoms with van der Waals surface area (Å²) in [6.07, 6.45) is 1.57. The minimum atomic E-state index is 0.0262. The Morgan fingerprint density at radius 1 is 1.56 bits per heavy atom. The number of amides is 1. The molecule has 2 N–H and O–H groups in total. The Kier molecular flexibility index (Phi) is 3.90. The van der Waals surface area contributed by atoms with Crippen LogP contribution in [0.3, 0.4) is 0 Å². The molecule has 2 heterocycles. The van der Waals surface area contributed by atoms with Crippen molar-refractivity contribution in [2.75, 3.05) is 32.7 Å². The van der Waals surface area contributed by atoms with E-state index < -0.39 is 0 Å². The zero-order chi connectivity index (χ0) is 11.2. The van der Waals surface area contributed by atoms with Crippen LogP contribution in [-0.2, 0) is 11.3 Å². The number of carbonyl (C=O) groups is 1. The molecule has 0 unspecified atom stereocenters. The first kappa shape index (κ1) is 11.1. The monoisotopic (exact) mass is 224 g/mol. The number of piperazine rings is 1. The number of hydrogen-bond acceptors (Lipinski definition) is 5. The minimum absolute atomic E-state index is 0.0262. The highest BCUT2D eigenvalue weighted by molar-refractivity contribution is 5.77. The Labute approximate surface area is 94.0 Å². The van der Waals surface area contributed by atoms with Crippen LogP contribution in [0.5, 0.6) is 0 Å². The van der Waals surface area contributed by atoms with Crippen LogP contribution in [0, 0.1) is 0 Å². The molecule has 0 saturated carbocycles. The maximum absolute atomic E-state index is 11.6. The van der Waals surface area contributed by atoms with Crippen molar-refractivity contribution in [1.29, 1.82) is 0 Å². The molecule has 6 heteroatoms. The molecule has 88 valence electrons. The predicted octanol–water partition coefficient (Wildman–Crippen LogP) is -0.804. The van der Waals surface area contributed by atoms with Crippen LogP contribution in [0.2, 0.25) is 0 Å². The molecule has 0 aromatic carbocycles. The van der Waals surface area contributed by atoms with Crippen molar-refractivity contribution < 1.29 is 9.32 Å². The molecule has 2 rings (SSSR count). The standard InChI is InChI=1S/C10H16N4O2/c15-10(8-14-5-3-11-4-6-14)12-7-9-1-2-13-16-9/h1-2,11H,3-8H2,(H,12,15). The van der Waals surface area contributed by atoms with Crippen molar-refractivity contribution in [3.63, 3.8) is 0 Å². The molecule has 0 atom stereocenters. The van der Waals surface area contributed by atoms with Crippen molar-refractivity contribution in [3.8, 4) is 0 Å². The van der Waals surface area contributed by atoms with Crippen LogP contribution in [0.15, 0.2) is 16.8 Å². The average Bonchev–Trinajstić information content (AvgIpc) is 2.81. The molecule has 1 fully saturated rings. The molecule has 0 aliphatic carbocycles. The Bertz CT molecular complexity index is 320. The molecule has 0 bridgehead atoms. The lowest BCUT2D eigenvalue weighted by atomic mass is 10.3. The highest BCUT2D eigenvalue weighted by Gasteiger charge is 2.13. The van der Waals surface area contributed by atoms with Gasteiger partial charge in [-0.25, -0.2) is 0 Å². The van der Waals surface area contributed by atoms with Gasteiger partial charge >= 0.3 is 0 Å². The van der Waals surface area contributed by atoms with Gasteiger partial charge in [-0.2, -0.15) is 0 Å². The molecule has 1 saturated heterocycles. The smallest absolute Gasteiger partial charge is 0.234 e. The predicted molar refractivity (Wildman–Crippen MR) is 57.7 cm³/mol. The molecule has 1 aliphatic heterocycles. The lowest BCUT2D eigenvalue weighted by Crippen LogP contribution is -2.47. The summed E-state index contributed by atoms with van der Waals surface area (Å²) in [4.78, 5) is 13.7. The highest BCUT2D eigenvalue weighted by atomic mass is 16.5. The molecule has 6 nitrogen and oxygen atoms in total. The lowest BCUT2D eigenvalue weighted by molar-refractivity contribution is -0.122. The van der Waals surface area contributed by atoms with E-state index in [4.69, 9.17) is 4.52 Å². The molecule has 1 amide bonds. The van der Waals surface area contributed by atoms with Crippen LogP contribution < -0.4 is 10.6 Å². The molecule has 1 aromatic rings. The maximum Gasteiger partial charge on any atom is 0.234 e. The molecule has 1 aromatic heterocycles. The van der Waals surface area contributed by atoms with Crippen molar-refractivity contribution in [2.45, 2.75) is 6.54 Å². The van der Waals surface area contributed by atoms with Crippen LogP contribution in [0.25, 0.3) is 0 Å². The van der Waals surface area contributed by atoms with E-state index in [1.807, 2.05) is 0 Å². The summed E-state index contributed by atoms with van der Waals surface area (Å²) in [5, 5.41) is 9.61. The Morgan fingerprint density at radius 3 is 3.06 bits per heavy atom. The van der Waals surface area contributed by atoms with Crippen LogP contribution in [0.4, 0.5) is 0 Å². The van der Waals surface area contributed by atoms with E-state index in [1.54, 1.807) is 12.3 Å². The van der Waals surface area contributed by atoms with Crippen molar-refractivity contribution in [3.05, 3.63) is 18.0 Å². The minimum Gasteiger partial charge on any atom is -0.360 e. The number of hydrogen-bond donors (Lipinski definition) is 2. The third-order valence-electron chi connectivity index (χ3n) is 2.53. The van der Waals surface area contributed by atoms with Gasteiger partial charge in [-0.3, -0.25) is 9.69 Å². The summed E-state index contributed by atoms with van der Waals surface area (Å²) in [5.41, 5.74) is 0. The van der Waals surface area contributed by atoms with Crippen LogP contribution in [0.1, 0.15) is 5.76 Å². The van der Waals surface area contributed by atoms with Gasteiger partial charge in [0.15, 0.2) is 5.76 Å². The third-order valence-corrected chi connectivity index (χ3v) is 2.53. The molecule has 0 radical (unpaired) electrons. The van der Waals surface area contributed by atoms with E-state index in [0.29, 0.717) is 18.8 Å². The van der Waals surface area contributed by atoms with E-state index in [0.717, 1.165) is 26.2 Å². The second-order valence-electron chi connectivity index (χ2n) is 3.78. The lowest BCUT2D eigenvalue weighted by Gasteiger charge is -2.26.